The minimum absolute atomic E-state index is 0.146. The lowest BCUT2D eigenvalue weighted by Gasteiger charge is -2.08. The fraction of sp³-hybridized carbons (Fsp3) is 0.500. The topological polar surface area (TPSA) is 26.0 Å². The first kappa shape index (κ1) is 10.3. The molecule has 0 heterocycles. The van der Waals surface area contributed by atoms with Gasteiger partial charge in [-0.25, -0.2) is 0 Å². The van der Waals surface area contributed by atoms with Gasteiger partial charge in [-0.1, -0.05) is 38.1 Å². The average Bonchev–Trinajstić information content (AvgIpc) is 2.04. The molecular weight excluding hydrogens is 158 g/mol. The van der Waals surface area contributed by atoms with Crippen molar-refractivity contribution < 1.29 is 0 Å². The van der Waals surface area contributed by atoms with Crippen LogP contribution in [0.15, 0.2) is 24.3 Å². The Morgan fingerprint density at radius 1 is 1.08 bits per heavy atom. The summed E-state index contributed by atoms with van der Waals surface area (Å²) in [5, 5.41) is 0. The van der Waals surface area contributed by atoms with Gasteiger partial charge in [0.05, 0.1) is 0 Å². The first-order valence-corrected chi connectivity index (χ1v) is 4.94. The summed E-state index contributed by atoms with van der Waals surface area (Å²) in [7, 11) is 0. The van der Waals surface area contributed by atoms with Crippen LogP contribution in [0.5, 0.6) is 0 Å². The van der Waals surface area contributed by atoms with Crippen molar-refractivity contribution in [3.05, 3.63) is 35.4 Å². The van der Waals surface area contributed by atoms with Crippen LogP contribution in [0.25, 0.3) is 0 Å². The zero-order chi connectivity index (χ0) is 9.84. The predicted octanol–water partition coefficient (Wildman–Crippen LogP) is 2.90. The van der Waals surface area contributed by atoms with Crippen molar-refractivity contribution in [2.75, 3.05) is 0 Å². The third-order valence-corrected chi connectivity index (χ3v) is 2.15. The van der Waals surface area contributed by atoms with Gasteiger partial charge in [-0.05, 0) is 30.4 Å². The van der Waals surface area contributed by atoms with E-state index in [9.17, 15) is 0 Å². The molecule has 0 aliphatic rings. The van der Waals surface area contributed by atoms with Crippen molar-refractivity contribution in [1.29, 1.82) is 0 Å². The van der Waals surface area contributed by atoms with E-state index < -0.39 is 0 Å². The van der Waals surface area contributed by atoms with E-state index >= 15 is 0 Å². The van der Waals surface area contributed by atoms with Crippen molar-refractivity contribution >= 4 is 0 Å². The Morgan fingerprint density at radius 3 is 2.00 bits per heavy atom. The maximum atomic E-state index is 5.77. The molecule has 0 amide bonds. The average molecular weight is 177 g/mol. The van der Waals surface area contributed by atoms with Crippen molar-refractivity contribution in [3.8, 4) is 0 Å². The second-order valence-corrected chi connectivity index (χ2v) is 4.13. The van der Waals surface area contributed by atoms with Gasteiger partial charge in [-0.2, -0.15) is 0 Å². The SMILES string of the molecule is CC(C)Cc1ccc([C@@H](C)N)cc1. The molecule has 0 aliphatic carbocycles. The molecule has 0 fully saturated rings. The third-order valence-electron chi connectivity index (χ3n) is 2.15. The Labute approximate surface area is 81.0 Å². The van der Waals surface area contributed by atoms with E-state index in [0.29, 0.717) is 0 Å². The highest BCUT2D eigenvalue weighted by atomic mass is 14.6. The molecule has 1 nitrogen and oxygen atoms in total. The Hall–Kier alpha value is -0.820. The molecule has 0 bridgehead atoms. The second kappa shape index (κ2) is 4.43. The summed E-state index contributed by atoms with van der Waals surface area (Å²) in [6.07, 6.45) is 1.15. The molecule has 0 saturated carbocycles. The minimum Gasteiger partial charge on any atom is -0.324 e. The molecule has 0 spiro atoms. The van der Waals surface area contributed by atoms with Crippen molar-refractivity contribution in [2.45, 2.75) is 33.2 Å². The zero-order valence-electron chi connectivity index (χ0n) is 8.75. The Balaban J connectivity index is 2.70. The van der Waals surface area contributed by atoms with Gasteiger partial charge in [0.2, 0.25) is 0 Å². The summed E-state index contributed by atoms with van der Waals surface area (Å²) in [5.74, 6) is 0.723. The standard InChI is InChI=1S/C12H19N/c1-9(2)8-11-4-6-12(7-5-11)10(3)13/h4-7,9-10H,8,13H2,1-3H3/t10-/m1/s1. The summed E-state index contributed by atoms with van der Waals surface area (Å²) in [6.45, 7) is 6.48. The Bertz CT molecular complexity index is 246. The van der Waals surface area contributed by atoms with Crippen molar-refractivity contribution in [2.24, 2.45) is 11.7 Å². The van der Waals surface area contributed by atoms with Crippen LogP contribution in [-0.2, 0) is 6.42 Å². The van der Waals surface area contributed by atoms with Crippen LogP contribution >= 0.6 is 0 Å². The molecule has 0 radical (unpaired) electrons. The second-order valence-electron chi connectivity index (χ2n) is 4.13. The van der Waals surface area contributed by atoms with Crippen LogP contribution in [-0.4, -0.2) is 0 Å². The van der Waals surface area contributed by atoms with Crippen molar-refractivity contribution in [1.82, 2.24) is 0 Å². The zero-order valence-corrected chi connectivity index (χ0v) is 8.75. The highest BCUT2D eigenvalue weighted by Crippen LogP contribution is 2.13. The molecule has 13 heavy (non-hydrogen) atoms. The molecule has 1 heteroatoms. The van der Waals surface area contributed by atoms with E-state index in [2.05, 4.69) is 38.1 Å². The quantitative estimate of drug-likeness (QED) is 0.754. The molecule has 0 saturated heterocycles. The number of hydrogen-bond acceptors (Lipinski definition) is 1. The van der Waals surface area contributed by atoms with E-state index in [1.165, 1.54) is 11.1 Å². The molecule has 0 aliphatic heterocycles. The maximum Gasteiger partial charge on any atom is 0.0266 e. The minimum atomic E-state index is 0.146. The van der Waals surface area contributed by atoms with Gasteiger partial charge in [0.1, 0.15) is 0 Å². The normalized spacial score (nSPS) is 13.3. The van der Waals surface area contributed by atoms with Gasteiger partial charge in [0.25, 0.3) is 0 Å². The van der Waals surface area contributed by atoms with Crippen LogP contribution < -0.4 is 5.73 Å². The van der Waals surface area contributed by atoms with Gasteiger partial charge >= 0.3 is 0 Å². The fourth-order valence-electron chi connectivity index (χ4n) is 1.43. The molecule has 1 aromatic rings. The number of hydrogen-bond donors (Lipinski definition) is 1. The smallest absolute Gasteiger partial charge is 0.0266 e. The lowest BCUT2D eigenvalue weighted by atomic mass is 10.0. The first-order valence-electron chi connectivity index (χ1n) is 4.94. The first-order chi connectivity index (χ1) is 6.09. The molecule has 72 valence electrons. The summed E-state index contributed by atoms with van der Waals surface area (Å²) in [4.78, 5) is 0. The highest BCUT2D eigenvalue weighted by Gasteiger charge is 2.00. The summed E-state index contributed by atoms with van der Waals surface area (Å²) >= 11 is 0. The van der Waals surface area contributed by atoms with Crippen LogP contribution in [0.2, 0.25) is 0 Å². The van der Waals surface area contributed by atoms with Crippen LogP contribution in [0, 0.1) is 5.92 Å². The Morgan fingerprint density at radius 2 is 1.62 bits per heavy atom. The molecule has 0 unspecified atom stereocenters. The van der Waals surface area contributed by atoms with Gasteiger partial charge in [-0.15, -0.1) is 0 Å². The molecule has 1 aromatic carbocycles. The molecular formula is C12H19N. The summed E-state index contributed by atoms with van der Waals surface area (Å²) in [5.41, 5.74) is 8.38. The summed E-state index contributed by atoms with van der Waals surface area (Å²) < 4.78 is 0. The highest BCUT2D eigenvalue weighted by molar-refractivity contribution is 5.24. The monoisotopic (exact) mass is 177 g/mol. The number of nitrogens with two attached hydrogens (primary N) is 1. The lowest BCUT2D eigenvalue weighted by Crippen LogP contribution is -2.04. The molecule has 1 rings (SSSR count). The van der Waals surface area contributed by atoms with Gasteiger partial charge in [-0.3, -0.25) is 0 Å². The fourth-order valence-corrected chi connectivity index (χ4v) is 1.43. The van der Waals surface area contributed by atoms with E-state index in [-0.39, 0.29) is 6.04 Å². The van der Waals surface area contributed by atoms with Crippen LogP contribution in [0.4, 0.5) is 0 Å². The maximum absolute atomic E-state index is 5.77. The van der Waals surface area contributed by atoms with Gasteiger partial charge in [0.15, 0.2) is 0 Å². The summed E-state index contributed by atoms with van der Waals surface area (Å²) in [6, 6.07) is 8.76. The molecule has 2 N–H and O–H groups in total. The van der Waals surface area contributed by atoms with Gasteiger partial charge in [0, 0.05) is 6.04 Å². The molecule has 1 atom stereocenters. The van der Waals surface area contributed by atoms with Crippen LogP contribution in [0.1, 0.15) is 37.9 Å². The van der Waals surface area contributed by atoms with E-state index in [1.54, 1.807) is 0 Å². The largest absolute Gasteiger partial charge is 0.324 e. The predicted molar refractivity (Wildman–Crippen MR) is 57.6 cm³/mol. The number of rotatable bonds is 3. The van der Waals surface area contributed by atoms with E-state index in [1.807, 2.05) is 6.92 Å². The third kappa shape index (κ3) is 3.19. The van der Waals surface area contributed by atoms with Crippen molar-refractivity contribution in [3.63, 3.8) is 0 Å². The van der Waals surface area contributed by atoms with Crippen LogP contribution in [0.3, 0.4) is 0 Å². The Kier molecular flexibility index (Phi) is 3.49. The molecule has 0 aromatic heterocycles. The van der Waals surface area contributed by atoms with E-state index in [0.717, 1.165) is 12.3 Å². The van der Waals surface area contributed by atoms with E-state index in [4.69, 9.17) is 5.73 Å². The van der Waals surface area contributed by atoms with Gasteiger partial charge < -0.3 is 5.73 Å². The lowest BCUT2D eigenvalue weighted by molar-refractivity contribution is 0.647. The number of benzene rings is 1.